The van der Waals surface area contributed by atoms with E-state index in [1.807, 2.05) is 31.2 Å². The van der Waals surface area contributed by atoms with Crippen LogP contribution in [0.4, 0.5) is 16.2 Å². The fraction of sp³-hybridized carbons (Fsp3) is 0.346. The summed E-state index contributed by atoms with van der Waals surface area (Å²) in [6.07, 6.45) is 5.08. The number of aryl methyl sites for hydroxylation is 1. The number of hydrogen-bond acceptors (Lipinski definition) is 7. The summed E-state index contributed by atoms with van der Waals surface area (Å²) in [7, 11) is 1.69. The van der Waals surface area contributed by atoms with E-state index in [0.29, 0.717) is 18.8 Å². The Morgan fingerprint density at radius 2 is 1.78 bits per heavy atom. The number of likely N-dealkylation sites (N-methyl/N-ethyl adjacent to an activating group) is 1. The summed E-state index contributed by atoms with van der Waals surface area (Å²) in [5.41, 5.74) is 1.24. The molecule has 11 heteroatoms. The summed E-state index contributed by atoms with van der Waals surface area (Å²) in [6, 6.07) is 9.20. The van der Waals surface area contributed by atoms with E-state index in [1.165, 1.54) is 29.3 Å². The molecule has 2 N–H and O–H groups in total. The van der Waals surface area contributed by atoms with Gasteiger partial charge in [0, 0.05) is 25.6 Å². The van der Waals surface area contributed by atoms with Gasteiger partial charge in [0.05, 0.1) is 29.7 Å². The monoisotopic (exact) mass is 508 g/mol. The molecule has 3 amide bonds. The molecule has 2 heterocycles. The van der Waals surface area contributed by atoms with Crippen molar-refractivity contribution in [1.29, 1.82) is 0 Å². The minimum atomic E-state index is -0.688. The van der Waals surface area contributed by atoms with E-state index in [2.05, 4.69) is 20.7 Å². The third-order valence-electron chi connectivity index (χ3n) is 5.03. The second-order valence-corrected chi connectivity index (χ2v) is 9.41. The van der Waals surface area contributed by atoms with Gasteiger partial charge in [-0.15, -0.1) is 0 Å². The topological polar surface area (TPSA) is 128 Å². The number of anilines is 2. The Bertz CT molecular complexity index is 1230. The average Bonchev–Trinajstić information content (AvgIpc) is 3.25. The molecule has 196 valence electrons. The van der Waals surface area contributed by atoms with Gasteiger partial charge >= 0.3 is 6.09 Å². The second-order valence-electron chi connectivity index (χ2n) is 9.41. The zero-order valence-electron chi connectivity index (χ0n) is 21.6. The Morgan fingerprint density at radius 1 is 1.05 bits per heavy atom. The highest BCUT2D eigenvalue weighted by Gasteiger charge is 2.20. The van der Waals surface area contributed by atoms with Crippen LogP contribution in [0.1, 0.15) is 36.7 Å². The van der Waals surface area contributed by atoms with E-state index in [-0.39, 0.29) is 23.7 Å². The van der Waals surface area contributed by atoms with Crippen LogP contribution in [0.5, 0.6) is 5.75 Å². The Kier molecular flexibility index (Phi) is 8.83. The van der Waals surface area contributed by atoms with Crippen LogP contribution in [0.15, 0.2) is 55.1 Å². The Balaban J connectivity index is 1.52. The van der Waals surface area contributed by atoms with E-state index in [0.717, 1.165) is 11.3 Å². The molecule has 0 bridgehead atoms. The van der Waals surface area contributed by atoms with E-state index in [4.69, 9.17) is 9.47 Å². The maximum absolute atomic E-state index is 12.8. The molecule has 0 atom stereocenters. The molecule has 1 aromatic carbocycles. The molecule has 0 radical (unpaired) electrons. The molecule has 2 aromatic heterocycles. The van der Waals surface area contributed by atoms with Crippen molar-refractivity contribution < 1.29 is 23.9 Å². The molecular formula is C26H32N6O5. The number of nitrogens with zero attached hydrogens (tertiary/aromatic N) is 4. The third kappa shape index (κ3) is 8.64. The number of benzene rings is 1. The molecule has 0 fully saturated rings. The molecule has 0 unspecified atom stereocenters. The van der Waals surface area contributed by atoms with Gasteiger partial charge in [-0.05, 0) is 45.9 Å². The van der Waals surface area contributed by atoms with Crippen LogP contribution in [0, 0.1) is 6.92 Å². The third-order valence-corrected chi connectivity index (χ3v) is 5.03. The maximum atomic E-state index is 12.8. The number of pyridine rings is 1. The number of carbonyl (C=O) groups excluding carboxylic acids is 3. The van der Waals surface area contributed by atoms with Crippen LogP contribution < -0.4 is 15.4 Å². The number of nitrogens with one attached hydrogen (secondary N) is 2. The molecule has 0 saturated carbocycles. The Hall–Kier alpha value is -4.41. The number of ether oxygens (including phenoxy) is 2. The van der Waals surface area contributed by atoms with Gasteiger partial charge in [0.15, 0.2) is 0 Å². The smallest absolute Gasteiger partial charge is 0.412 e. The summed E-state index contributed by atoms with van der Waals surface area (Å²) >= 11 is 0. The first-order valence-electron chi connectivity index (χ1n) is 11.7. The van der Waals surface area contributed by atoms with Crippen molar-refractivity contribution in [3.05, 3.63) is 66.2 Å². The zero-order chi connectivity index (χ0) is 27.0. The SMILES string of the molecule is Cc1ccc(OCCN(C)C(=O)Cn2cc(NC(=O)c3cnccc3NC(=O)OC(C)(C)C)cn2)cc1. The van der Waals surface area contributed by atoms with Crippen LogP contribution in [0.2, 0.25) is 0 Å². The van der Waals surface area contributed by atoms with Crippen molar-refractivity contribution in [2.24, 2.45) is 0 Å². The molecule has 37 heavy (non-hydrogen) atoms. The quantitative estimate of drug-likeness (QED) is 0.451. The lowest BCUT2D eigenvalue weighted by Gasteiger charge is -2.20. The summed E-state index contributed by atoms with van der Waals surface area (Å²) < 4.78 is 12.4. The highest BCUT2D eigenvalue weighted by molar-refractivity contribution is 6.09. The lowest BCUT2D eigenvalue weighted by Crippen LogP contribution is -2.33. The second kappa shape index (κ2) is 12.0. The lowest BCUT2D eigenvalue weighted by atomic mass is 10.2. The van der Waals surface area contributed by atoms with Crippen molar-refractivity contribution in [2.45, 2.75) is 39.8 Å². The number of aromatic nitrogens is 3. The van der Waals surface area contributed by atoms with Crippen molar-refractivity contribution >= 4 is 29.3 Å². The van der Waals surface area contributed by atoms with Crippen LogP contribution >= 0.6 is 0 Å². The van der Waals surface area contributed by atoms with Crippen molar-refractivity contribution in [2.75, 3.05) is 30.8 Å². The van der Waals surface area contributed by atoms with E-state index in [1.54, 1.807) is 38.9 Å². The summed E-state index contributed by atoms with van der Waals surface area (Å²) in [6.45, 7) is 7.99. The molecule has 0 aliphatic heterocycles. The van der Waals surface area contributed by atoms with Gasteiger partial charge in [-0.2, -0.15) is 5.10 Å². The zero-order valence-corrected chi connectivity index (χ0v) is 21.6. The molecule has 0 aliphatic rings. The average molecular weight is 509 g/mol. The summed E-state index contributed by atoms with van der Waals surface area (Å²) in [4.78, 5) is 43.0. The number of carbonyl (C=O) groups is 3. The van der Waals surface area contributed by atoms with Gasteiger partial charge < -0.3 is 19.7 Å². The van der Waals surface area contributed by atoms with Gasteiger partial charge in [0.25, 0.3) is 5.91 Å². The van der Waals surface area contributed by atoms with Crippen molar-refractivity contribution in [1.82, 2.24) is 19.7 Å². The molecule has 0 aliphatic carbocycles. The number of amides is 3. The van der Waals surface area contributed by atoms with Gasteiger partial charge in [0.1, 0.15) is 24.5 Å². The number of hydrogen-bond donors (Lipinski definition) is 2. The lowest BCUT2D eigenvalue weighted by molar-refractivity contribution is -0.131. The van der Waals surface area contributed by atoms with E-state index >= 15 is 0 Å². The standard InChI is InChI=1S/C26H32N6O5/c1-18-6-8-20(9-7-18)36-13-12-31(5)23(33)17-32-16-19(14-28-32)29-24(34)21-15-27-11-10-22(21)30-25(35)37-26(2,3)4/h6-11,14-16H,12-13,17H2,1-5H3,(H,29,34)(H,27,30,35). The van der Waals surface area contributed by atoms with E-state index < -0.39 is 17.6 Å². The molecule has 11 nitrogen and oxygen atoms in total. The molecule has 0 spiro atoms. The largest absolute Gasteiger partial charge is 0.492 e. The predicted molar refractivity (Wildman–Crippen MR) is 139 cm³/mol. The molecule has 0 saturated heterocycles. The molecule has 3 aromatic rings. The Labute approximate surface area is 215 Å². The molecular weight excluding hydrogens is 476 g/mol. The van der Waals surface area contributed by atoms with Crippen LogP contribution in [0.3, 0.4) is 0 Å². The van der Waals surface area contributed by atoms with E-state index in [9.17, 15) is 14.4 Å². The summed E-state index contributed by atoms with van der Waals surface area (Å²) in [5.74, 6) is 0.0805. The van der Waals surface area contributed by atoms with Crippen LogP contribution in [-0.4, -0.2) is 63.4 Å². The van der Waals surface area contributed by atoms with Crippen LogP contribution in [-0.2, 0) is 16.1 Å². The number of rotatable bonds is 9. The maximum Gasteiger partial charge on any atom is 0.412 e. The first kappa shape index (κ1) is 27.2. The fourth-order valence-electron chi connectivity index (χ4n) is 3.13. The normalized spacial score (nSPS) is 10.9. The highest BCUT2D eigenvalue weighted by atomic mass is 16.6. The minimum Gasteiger partial charge on any atom is -0.492 e. The predicted octanol–water partition coefficient (Wildman–Crippen LogP) is 3.72. The Morgan fingerprint density at radius 3 is 2.49 bits per heavy atom. The first-order valence-corrected chi connectivity index (χ1v) is 11.7. The fourth-order valence-corrected chi connectivity index (χ4v) is 3.13. The van der Waals surface area contributed by atoms with Gasteiger partial charge in [-0.25, -0.2) is 4.79 Å². The minimum absolute atomic E-state index is 0.00472. The van der Waals surface area contributed by atoms with Gasteiger partial charge in [-0.1, -0.05) is 17.7 Å². The van der Waals surface area contributed by atoms with Crippen molar-refractivity contribution in [3.63, 3.8) is 0 Å². The summed E-state index contributed by atoms with van der Waals surface area (Å²) in [5, 5.41) is 9.41. The first-order chi connectivity index (χ1) is 17.5. The highest BCUT2D eigenvalue weighted by Crippen LogP contribution is 2.18. The van der Waals surface area contributed by atoms with Crippen LogP contribution in [0.25, 0.3) is 0 Å². The van der Waals surface area contributed by atoms with Gasteiger partial charge in [0.2, 0.25) is 5.91 Å². The van der Waals surface area contributed by atoms with Crippen molar-refractivity contribution in [3.8, 4) is 5.75 Å². The van der Waals surface area contributed by atoms with Gasteiger partial charge in [-0.3, -0.25) is 24.6 Å². The molecule has 3 rings (SSSR count).